The van der Waals surface area contributed by atoms with Gasteiger partial charge in [-0.1, -0.05) is 38.5 Å². The van der Waals surface area contributed by atoms with Crippen LogP contribution in [0.2, 0.25) is 0 Å². The van der Waals surface area contributed by atoms with E-state index in [0.29, 0.717) is 11.8 Å². The van der Waals surface area contributed by atoms with Gasteiger partial charge in [-0.05, 0) is 37.5 Å². The summed E-state index contributed by atoms with van der Waals surface area (Å²) in [5.41, 5.74) is 5.88. The van der Waals surface area contributed by atoms with E-state index < -0.39 is 0 Å². The van der Waals surface area contributed by atoms with Crippen LogP contribution in [0.4, 0.5) is 0 Å². The summed E-state index contributed by atoms with van der Waals surface area (Å²) >= 11 is 0. The highest BCUT2D eigenvalue weighted by atomic mass is 14.7. The van der Waals surface area contributed by atoms with Crippen LogP contribution in [0, 0.1) is 23.2 Å². The van der Waals surface area contributed by atoms with Crippen LogP contribution in [0.25, 0.3) is 0 Å². The van der Waals surface area contributed by atoms with E-state index in [0.717, 1.165) is 11.8 Å². The molecule has 0 aromatic rings. The summed E-state index contributed by atoms with van der Waals surface area (Å²) in [4.78, 5) is 0. The normalized spacial score (nSPS) is 24.8. The van der Waals surface area contributed by atoms with Crippen molar-refractivity contribution in [1.82, 2.24) is 0 Å². The van der Waals surface area contributed by atoms with Crippen molar-refractivity contribution in [3.8, 4) is 0 Å². The molecule has 0 aromatic carbocycles. The Kier molecular flexibility index (Phi) is 4.25. The largest absolute Gasteiger partial charge is 0.387 e. The number of hydrogen-bond acceptors (Lipinski definition) is 1. The van der Waals surface area contributed by atoms with Crippen molar-refractivity contribution in [1.29, 1.82) is 5.41 Å². The average molecular weight is 222 g/mol. The third-order valence-electron chi connectivity index (χ3n) is 4.67. The van der Waals surface area contributed by atoms with Gasteiger partial charge in [0.15, 0.2) is 0 Å². The van der Waals surface area contributed by atoms with Crippen LogP contribution >= 0.6 is 0 Å². The maximum atomic E-state index is 7.90. The van der Waals surface area contributed by atoms with Crippen LogP contribution in [0.15, 0.2) is 0 Å². The van der Waals surface area contributed by atoms with Crippen LogP contribution in [-0.2, 0) is 0 Å². The Balaban J connectivity index is 1.99. The predicted molar refractivity (Wildman–Crippen MR) is 68.6 cm³/mol. The number of rotatable bonds is 3. The molecule has 0 unspecified atom stereocenters. The molecular weight excluding hydrogens is 196 g/mol. The summed E-state index contributed by atoms with van der Waals surface area (Å²) in [5.74, 6) is 2.36. The van der Waals surface area contributed by atoms with Gasteiger partial charge < -0.3 is 5.73 Å². The Morgan fingerprint density at radius 2 is 1.19 bits per heavy atom. The first-order valence-corrected chi connectivity index (χ1v) is 7.13. The van der Waals surface area contributed by atoms with Gasteiger partial charge in [-0.25, -0.2) is 0 Å². The number of amidine groups is 1. The SMILES string of the molecule is N=C(N)C(C1CCCCC1)C1CCCCC1. The third-order valence-corrected chi connectivity index (χ3v) is 4.67. The molecule has 16 heavy (non-hydrogen) atoms. The van der Waals surface area contributed by atoms with Gasteiger partial charge in [0.05, 0.1) is 5.84 Å². The van der Waals surface area contributed by atoms with Crippen LogP contribution in [0.1, 0.15) is 64.2 Å². The van der Waals surface area contributed by atoms with Crippen molar-refractivity contribution in [2.75, 3.05) is 0 Å². The topological polar surface area (TPSA) is 49.9 Å². The molecule has 0 aliphatic heterocycles. The molecule has 0 atom stereocenters. The maximum absolute atomic E-state index is 7.90. The Morgan fingerprint density at radius 1 is 0.812 bits per heavy atom. The lowest BCUT2D eigenvalue weighted by Crippen LogP contribution is -2.37. The summed E-state index contributed by atoms with van der Waals surface area (Å²) in [6.07, 6.45) is 13.5. The molecule has 2 nitrogen and oxygen atoms in total. The van der Waals surface area contributed by atoms with E-state index in [2.05, 4.69) is 0 Å². The minimum atomic E-state index is 0.417. The van der Waals surface area contributed by atoms with E-state index in [9.17, 15) is 0 Å². The zero-order valence-corrected chi connectivity index (χ0v) is 10.4. The maximum Gasteiger partial charge on any atom is 0.0942 e. The Morgan fingerprint density at radius 3 is 1.50 bits per heavy atom. The molecule has 3 N–H and O–H groups in total. The fourth-order valence-electron chi connectivity index (χ4n) is 3.88. The molecule has 2 aliphatic rings. The minimum Gasteiger partial charge on any atom is -0.387 e. The summed E-state index contributed by atoms with van der Waals surface area (Å²) in [5, 5.41) is 7.90. The fourth-order valence-corrected chi connectivity index (χ4v) is 3.88. The molecule has 0 spiro atoms. The minimum absolute atomic E-state index is 0.417. The van der Waals surface area contributed by atoms with Gasteiger partial charge >= 0.3 is 0 Å². The number of nitrogens with one attached hydrogen (secondary N) is 1. The van der Waals surface area contributed by atoms with E-state index in [1.807, 2.05) is 0 Å². The van der Waals surface area contributed by atoms with Gasteiger partial charge in [-0.2, -0.15) is 0 Å². The van der Waals surface area contributed by atoms with Crippen LogP contribution in [-0.4, -0.2) is 5.84 Å². The van der Waals surface area contributed by atoms with E-state index >= 15 is 0 Å². The van der Waals surface area contributed by atoms with Crippen LogP contribution < -0.4 is 5.73 Å². The van der Waals surface area contributed by atoms with E-state index in [1.54, 1.807) is 0 Å². The molecule has 92 valence electrons. The second kappa shape index (κ2) is 5.70. The lowest BCUT2D eigenvalue weighted by molar-refractivity contribution is 0.194. The second-order valence-electron chi connectivity index (χ2n) is 5.78. The Hall–Kier alpha value is -0.530. The van der Waals surface area contributed by atoms with E-state index in [4.69, 9.17) is 11.1 Å². The molecular formula is C14H26N2. The smallest absolute Gasteiger partial charge is 0.0942 e. The van der Waals surface area contributed by atoms with Crippen molar-refractivity contribution in [2.24, 2.45) is 23.5 Å². The molecule has 2 saturated carbocycles. The standard InChI is InChI=1S/C14H26N2/c15-14(16)13(11-7-3-1-4-8-11)12-9-5-2-6-10-12/h11-13H,1-10H2,(H3,15,16). The Bertz CT molecular complexity index is 207. The average Bonchev–Trinajstić information content (AvgIpc) is 2.31. The molecule has 0 aromatic heterocycles. The highest BCUT2D eigenvalue weighted by Crippen LogP contribution is 2.39. The first-order valence-electron chi connectivity index (χ1n) is 7.13. The lowest BCUT2D eigenvalue weighted by Gasteiger charge is -2.37. The van der Waals surface area contributed by atoms with Crippen molar-refractivity contribution >= 4 is 5.84 Å². The van der Waals surface area contributed by atoms with E-state index in [-0.39, 0.29) is 0 Å². The van der Waals surface area contributed by atoms with Gasteiger partial charge in [0.1, 0.15) is 0 Å². The van der Waals surface area contributed by atoms with Crippen LogP contribution in [0.5, 0.6) is 0 Å². The second-order valence-corrected chi connectivity index (χ2v) is 5.78. The number of hydrogen-bond donors (Lipinski definition) is 2. The zero-order valence-electron chi connectivity index (χ0n) is 10.4. The van der Waals surface area contributed by atoms with Crippen LogP contribution in [0.3, 0.4) is 0 Å². The first kappa shape index (κ1) is 11.9. The van der Waals surface area contributed by atoms with Gasteiger partial charge in [0.25, 0.3) is 0 Å². The Labute approximate surface area is 99.5 Å². The highest BCUT2D eigenvalue weighted by Gasteiger charge is 2.33. The summed E-state index contributed by atoms with van der Waals surface area (Å²) in [6.45, 7) is 0. The predicted octanol–water partition coefficient (Wildman–Crippen LogP) is 3.70. The molecule has 2 heteroatoms. The highest BCUT2D eigenvalue weighted by molar-refractivity contribution is 5.80. The van der Waals surface area contributed by atoms with E-state index in [1.165, 1.54) is 64.2 Å². The summed E-state index contributed by atoms with van der Waals surface area (Å²) in [6, 6.07) is 0. The van der Waals surface area contributed by atoms with Gasteiger partial charge in [-0.15, -0.1) is 0 Å². The fraction of sp³-hybridized carbons (Fsp3) is 0.929. The third kappa shape index (κ3) is 2.78. The van der Waals surface area contributed by atoms with Crippen molar-refractivity contribution < 1.29 is 0 Å². The molecule has 2 aliphatic carbocycles. The molecule has 2 rings (SSSR count). The number of nitrogens with two attached hydrogens (primary N) is 1. The summed E-state index contributed by atoms with van der Waals surface area (Å²) < 4.78 is 0. The van der Waals surface area contributed by atoms with Gasteiger partial charge in [0, 0.05) is 5.92 Å². The lowest BCUT2D eigenvalue weighted by atomic mass is 9.69. The molecule has 0 bridgehead atoms. The molecule has 0 saturated heterocycles. The molecule has 0 amide bonds. The summed E-state index contributed by atoms with van der Waals surface area (Å²) in [7, 11) is 0. The molecule has 0 heterocycles. The van der Waals surface area contributed by atoms with Gasteiger partial charge in [0.2, 0.25) is 0 Å². The first-order chi connectivity index (χ1) is 7.79. The van der Waals surface area contributed by atoms with Crippen molar-refractivity contribution in [3.05, 3.63) is 0 Å². The van der Waals surface area contributed by atoms with Crippen molar-refractivity contribution in [2.45, 2.75) is 64.2 Å². The van der Waals surface area contributed by atoms with Gasteiger partial charge in [-0.3, -0.25) is 5.41 Å². The quantitative estimate of drug-likeness (QED) is 0.555. The molecule has 0 radical (unpaired) electrons. The van der Waals surface area contributed by atoms with Crippen molar-refractivity contribution in [3.63, 3.8) is 0 Å². The molecule has 2 fully saturated rings. The monoisotopic (exact) mass is 222 g/mol. The zero-order chi connectivity index (χ0) is 11.4.